The number of nitrogens with zero attached hydrogens (tertiary/aromatic N) is 2. The number of aromatic nitrogens is 2. The normalized spacial score (nSPS) is 9.71. The number of hydrogen-bond acceptors (Lipinski definition) is 5. The Morgan fingerprint density at radius 3 is 2.53 bits per heavy atom. The Balaban J connectivity index is 2.30. The van der Waals surface area contributed by atoms with Gasteiger partial charge in [-0.15, -0.1) is 0 Å². The summed E-state index contributed by atoms with van der Waals surface area (Å²) in [4.78, 5) is 19.3. The first kappa shape index (κ1) is 11.1. The third-order valence-corrected chi connectivity index (χ3v) is 2.04. The highest BCUT2D eigenvalue weighted by atomic mass is 16.5. The number of benzene rings is 1. The molecule has 17 heavy (non-hydrogen) atoms. The Labute approximate surface area is 98.0 Å². The molecule has 0 aliphatic carbocycles. The van der Waals surface area contributed by atoms with E-state index in [-0.39, 0.29) is 6.01 Å². The molecule has 2 rings (SSSR count). The van der Waals surface area contributed by atoms with Crippen LogP contribution in [0.1, 0.15) is 10.4 Å². The molecule has 0 fully saturated rings. The Kier molecular flexibility index (Phi) is 3.30. The van der Waals surface area contributed by atoms with Crippen LogP contribution in [-0.2, 0) is 4.74 Å². The molecule has 0 saturated carbocycles. The summed E-state index contributed by atoms with van der Waals surface area (Å²) < 4.78 is 10.1. The van der Waals surface area contributed by atoms with Crippen molar-refractivity contribution >= 4 is 5.97 Å². The van der Waals surface area contributed by atoms with Crippen molar-refractivity contribution in [3.63, 3.8) is 0 Å². The van der Waals surface area contributed by atoms with Crippen LogP contribution in [-0.4, -0.2) is 23.0 Å². The summed E-state index contributed by atoms with van der Waals surface area (Å²) in [5.74, 6) is -0.0953. The Bertz CT molecular complexity index is 514. The molecule has 0 amide bonds. The third-order valence-electron chi connectivity index (χ3n) is 2.04. The summed E-state index contributed by atoms with van der Waals surface area (Å²) >= 11 is 0. The first-order chi connectivity index (χ1) is 8.31. The number of carbonyl (C=O) groups excluding carboxylic acids is 1. The maximum absolute atomic E-state index is 11.5. The molecule has 0 aliphatic rings. The number of carbonyl (C=O) groups is 1. The summed E-state index contributed by atoms with van der Waals surface area (Å²) in [6, 6.07) is 8.62. The molecule has 0 aliphatic heterocycles. The molecule has 0 N–H and O–H groups in total. The van der Waals surface area contributed by atoms with Gasteiger partial charge in [0.2, 0.25) is 0 Å². The van der Waals surface area contributed by atoms with Gasteiger partial charge in [-0.1, -0.05) is 12.1 Å². The number of esters is 1. The minimum atomic E-state index is -0.462. The summed E-state index contributed by atoms with van der Waals surface area (Å²) in [5, 5.41) is 0. The molecule has 0 radical (unpaired) electrons. The predicted molar refractivity (Wildman–Crippen MR) is 59.9 cm³/mol. The molecule has 2 aromatic rings. The van der Waals surface area contributed by atoms with E-state index in [9.17, 15) is 4.79 Å². The molecule has 0 bridgehead atoms. The minimum Gasteiger partial charge on any atom is -0.465 e. The van der Waals surface area contributed by atoms with E-state index in [1.165, 1.54) is 7.11 Å². The molecule has 0 saturated heterocycles. The second kappa shape index (κ2) is 5.07. The van der Waals surface area contributed by atoms with Gasteiger partial charge in [0.15, 0.2) is 0 Å². The third kappa shape index (κ3) is 2.57. The van der Waals surface area contributed by atoms with E-state index in [1.807, 2.05) is 0 Å². The molecule has 5 heteroatoms. The quantitative estimate of drug-likeness (QED) is 0.755. The zero-order chi connectivity index (χ0) is 12.1. The van der Waals surface area contributed by atoms with Crippen molar-refractivity contribution in [3.8, 4) is 11.8 Å². The second-order valence-corrected chi connectivity index (χ2v) is 3.12. The molecular weight excluding hydrogens is 220 g/mol. The van der Waals surface area contributed by atoms with Crippen LogP contribution in [0.4, 0.5) is 0 Å². The minimum absolute atomic E-state index is 0.184. The lowest BCUT2D eigenvalue weighted by molar-refractivity contribution is 0.0598. The Hall–Kier alpha value is -2.43. The summed E-state index contributed by atoms with van der Waals surface area (Å²) in [6.07, 6.45) is 3.12. The van der Waals surface area contributed by atoms with Gasteiger partial charge < -0.3 is 9.47 Å². The van der Waals surface area contributed by atoms with Crippen LogP contribution in [0.25, 0.3) is 0 Å². The number of para-hydroxylation sites is 1. The van der Waals surface area contributed by atoms with E-state index >= 15 is 0 Å². The topological polar surface area (TPSA) is 61.3 Å². The fourth-order valence-electron chi connectivity index (χ4n) is 1.27. The summed E-state index contributed by atoms with van der Waals surface area (Å²) in [6.45, 7) is 0. The largest absolute Gasteiger partial charge is 0.465 e. The van der Waals surface area contributed by atoms with Crippen LogP contribution < -0.4 is 4.74 Å². The van der Waals surface area contributed by atoms with Crippen LogP contribution in [0.2, 0.25) is 0 Å². The van der Waals surface area contributed by atoms with Gasteiger partial charge in [-0.2, -0.15) is 0 Å². The van der Waals surface area contributed by atoms with Crippen molar-refractivity contribution in [1.82, 2.24) is 9.97 Å². The van der Waals surface area contributed by atoms with E-state index in [2.05, 4.69) is 14.7 Å². The van der Waals surface area contributed by atoms with Gasteiger partial charge in [0.1, 0.15) is 11.3 Å². The molecule has 0 unspecified atom stereocenters. The van der Waals surface area contributed by atoms with Crippen molar-refractivity contribution in [3.05, 3.63) is 48.3 Å². The van der Waals surface area contributed by atoms with Gasteiger partial charge in [0.25, 0.3) is 0 Å². The molecule has 5 nitrogen and oxygen atoms in total. The molecule has 1 heterocycles. The molecule has 86 valence electrons. The lowest BCUT2D eigenvalue weighted by Crippen LogP contribution is -2.04. The number of ether oxygens (including phenoxy) is 2. The molecular formula is C12H10N2O3. The maximum Gasteiger partial charge on any atom is 0.341 e. The van der Waals surface area contributed by atoms with E-state index in [4.69, 9.17) is 4.74 Å². The van der Waals surface area contributed by atoms with Crippen LogP contribution in [0.3, 0.4) is 0 Å². The molecule has 0 atom stereocenters. The predicted octanol–water partition coefficient (Wildman–Crippen LogP) is 2.06. The van der Waals surface area contributed by atoms with E-state index in [0.29, 0.717) is 11.3 Å². The first-order valence-electron chi connectivity index (χ1n) is 4.93. The van der Waals surface area contributed by atoms with Crippen LogP contribution in [0.5, 0.6) is 11.8 Å². The standard InChI is InChI=1S/C12H10N2O3/c1-16-11(15)9-5-2-3-6-10(9)17-12-13-7-4-8-14-12/h2-8H,1H3. The van der Waals surface area contributed by atoms with Crippen molar-refractivity contribution < 1.29 is 14.3 Å². The van der Waals surface area contributed by atoms with Crippen LogP contribution in [0, 0.1) is 0 Å². The molecule has 1 aromatic heterocycles. The second-order valence-electron chi connectivity index (χ2n) is 3.12. The zero-order valence-electron chi connectivity index (χ0n) is 9.16. The van der Waals surface area contributed by atoms with Gasteiger partial charge >= 0.3 is 12.0 Å². The van der Waals surface area contributed by atoms with Crippen molar-refractivity contribution in [2.75, 3.05) is 7.11 Å². The van der Waals surface area contributed by atoms with Gasteiger partial charge in [-0.25, -0.2) is 14.8 Å². The first-order valence-corrected chi connectivity index (χ1v) is 4.93. The molecule has 0 spiro atoms. The summed E-state index contributed by atoms with van der Waals surface area (Å²) in [5.41, 5.74) is 0.336. The smallest absolute Gasteiger partial charge is 0.341 e. The van der Waals surface area contributed by atoms with Crippen molar-refractivity contribution in [2.24, 2.45) is 0 Å². The highest BCUT2D eigenvalue weighted by Crippen LogP contribution is 2.22. The number of methoxy groups -OCH3 is 1. The van der Waals surface area contributed by atoms with E-state index < -0.39 is 5.97 Å². The van der Waals surface area contributed by atoms with Crippen molar-refractivity contribution in [1.29, 1.82) is 0 Å². The lowest BCUT2D eigenvalue weighted by Gasteiger charge is -2.07. The maximum atomic E-state index is 11.5. The SMILES string of the molecule is COC(=O)c1ccccc1Oc1ncccn1. The van der Waals surface area contributed by atoms with Crippen LogP contribution >= 0.6 is 0 Å². The number of rotatable bonds is 3. The average Bonchev–Trinajstić information content (AvgIpc) is 2.40. The number of hydrogen-bond donors (Lipinski definition) is 0. The Morgan fingerprint density at radius 1 is 1.12 bits per heavy atom. The highest BCUT2D eigenvalue weighted by Gasteiger charge is 2.13. The van der Waals surface area contributed by atoms with Gasteiger partial charge in [0.05, 0.1) is 7.11 Å². The molecule has 1 aromatic carbocycles. The van der Waals surface area contributed by atoms with Gasteiger partial charge in [0, 0.05) is 12.4 Å². The highest BCUT2D eigenvalue weighted by molar-refractivity contribution is 5.92. The van der Waals surface area contributed by atoms with E-state index in [1.54, 1.807) is 42.7 Å². The summed E-state index contributed by atoms with van der Waals surface area (Å²) in [7, 11) is 1.32. The fraction of sp³-hybridized carbons (Fsp3) is 0.0833. The fourth-order valence-corrected chi connectivity index (χ4v) is 1.27. The zero-order valence-corrected chi connectivity index (χ0v) is 9.16. The van der Waals surface area contributed by atoms with Gasteiger partial charge in [-0.05, 0) is 18.2 Å². The monoisotopic (exact) mass is 230 g/mol. The van der Waals surface area contributed by atoms with Crippen LogP contribution in [0.15, 0.2) is 42.7 Å². The van der Waals surface area contributed by atoms with Crippen molar-refractivity contribution in [2.45, 2.75) is 0 Å². The average molecular weight is 230 g/mol. The van der Waals surface area contributed by atoms with Gasteiger partial charge in [-0.3, -0.25) is 0 Å². The Morgan fingerprint density at radius 2 is 1.82 bits per heavy atom. The lowest BCUT2D eigenvalue weighted by atomic mass is 10.2. The van der Waals surface area contributed by atoms with E-state index in [0.717, 1.165) is 0 Å².